The van der Waals surface area contributed by atoms with Gasteiger partial charge in [0, 0.05) is 6.61 Å². The smallest absolute Gasteiger partial charge is 0.328 e. The summed E-state index contributed by atoms with van der Waals surface area (Å²) in [6.45, 7) is 5.48. The Morgan fingerprint density at radius 1 is 1.50 bits per heavy atom. The fraction of sp³-hybridized carbons (Fsp3) is 0.818. The van der Waals surface area contributed by atoms with Crippen molar-refractivity contribution in [3.63, 3.8) is 0 Å². The molecule has 1 saturated heterocycles. The van der Waals surface area contributed by atoms with E-state index in [2.05, 4.69) is 5.32 Å². The summed E-state index contributed by atoms with van der Waals surface area (Å²) in [7, 11) is 0. The number of hydrogen-bond donors (Lipinski definition) is 2. The molecule has 0 radical (unpaired) electrons. The zero-order chi connectivity index (χ0) is 12.3. The molecule has 5 heteroatoms. The predicted octanol–water partition coefficient (Wildman–Crippen LogP) is 0.781. The molecule has 0 saturated carbocycles. The molecule has 0 bridgehead atoms. The third kappa shape index (κ3) is 2.72. The van der Waals surface area contributed by atoms with Crippen LogP contribution in [-0.2, 0) is 14.3 Å². The van der Waals surface area contributed by atoms with Crippen LogP contribution in [0.25, 0.3) is 0 Å². The summed E-state index contributed by atoms with van der Waals surface area (Å²) in [5, 5.41) is 11.5. The molecule has 1 heterocycles. The number of hydrogen-bond acceptors (Lipinski definition) is 3. The fourth-order valence-electron chi connectivity index (χ4n) is 1.80. The zero-order valence-electron chi connectivity index (χ0n) is 9.95. The normalized spacial score (nSPS) is 25.4. The maximum Gasteiger partial charge on any atom is 0.328 e. The van der Waals surface area contributed by atoms with Gasteiger partial charge in [0.2, 0.25) is 5.91 Å². The maximum atomic E-state index is 11.9. The van der Waals surface area contributed by atoms with Crippen molar-refractivity contribution < 1.29 is 19.4 Å². The Labute approximate surface area is 95.2 Å². The van der Waals surface area contributed by atoms with Crippen molar-refractivity contribution in [2.24, 2.45) is 5.92 Å². The van der Waals surface area contributed by atoms with Gasteiger partial charge >= 0.3 is 5.97 Å². The van der Waals surface area contributed by atoms with Crippen molar-refractivity contribution in [1.82, 2.24) is 5.32 Å². The Balaban J connectivity index is 2.62. The van der Waals surface area contributed by atoms with Crippen molar-refractivity contribution in [3.05, 3.63) is 0 Å². The van der Waals surface area contributed by atoms with Gasteiger partial charge in [0.25, 0.3) is 0 Å². The lowest BCUT2D eigenvalue weighted by atomic mass is 9.96. The maximum absolute atomic E-state index is 11.9. The monoisotopic (exact) mass is 229 g/mol. The first-order valence-electron chi connectivity index (χ1n) is 5.55. The van der Waals surface area contributed by atoms with Crippen molar-refractivity contribution in [2.75, 3.05) is 6.61 Å². The van der Waals surface area contributed by atoms with Crippen molar-refractivity contribution >= 4 is 11.9 Å². The standard InChI is InChI=1S/C11H19NO4/c1-4-8-7(5-6-16-8)9(13)12-11(2,3)10(14)15/h7-8H,4-6H2,1-3H3,(H,12,13)(H,14,15). The van der Waals surface area contributed by atoms with Gasteiger partial charge in [-0.1, -0.05) is 6.92 Å². The molecule has 1 amide bonds. The van der Waals surface area contributed by atoms with E-state index < -0.39 is 11.5 Å². The van der Waals surface area contributed by atoms with Gasteiger partial charge < -0.3 is 15.2 Å². The van der Waals surface area contributed by atoms with Crippen LogP contribution in [0.4, 0.5) is 0 Å². The third-order valence-electron chi connectivity index (χ3n) is 2.92. The van der Waals surface area contributed by atoms with Crippen LogP contribution in [0, 0.1) is 5.92 Å². The Morgan fingerprint density at radius 2 is 2.12 bits per heavy atom. The molecule has 92 valence electrons. The van der Waals surface area contributed by atoms with E-state index in [0.717, 1.165) is 6.42 Å². The van der Waals surface area contributed by atoms with E-state index in [9.17, 15) is 9.59 Å². The average molecular weight is 229 g/mol. The summed E-state index contributed by atoms with van der Waals surface area (Å²) >= 11 is 0. The molecule has 16 heavy (non-hydrogen) atoms. The molecule has 2 unspecified atom stereocenters. The van der Waals surface area contributed by atoms with Crippen LogP contribution in [0.2, 0.25) is 0 Å². The lowest BCUT2D eigenvalue weighted by Gasteiger charge is -2.24. The van der Waals surface area contributed by atoms with E-state index in [-0.39, 0.29) is 17.9 Å². The van der Waals surface area contributed by atoms with Gasteiger partial charge in [0.15, 0.2) is 0 Å². The molecule has 2 atom stereocenters. The molecule has 1 aliphatic heterocycles. The number of aliphatic carboxylic acids is 1. The molecule has 0 aromatic heterocycles. The first-order valence-corrected chi connectivity index (χ1v) is 5.55. The first kappa shape index (κ1) is 13.0. The highest BCUT2D eigenvalue weighted by Gasteiger charge is 2.37. The second-order valence-corrected chi connectivity index (χ2v) is 4.63. The van der Waals surface area contributed by atoms with Gasteiger partial charge in [0.1, 0.15) is 5.54 Å². The third-order valence-corrected chi connectivity index (χ3v) is 2.92. The highest BCUT2D eigenvalue weighted by atomic mass is 16.5. The van der Waals surface area contributed by atoms with E-state index in [1.165, 1.54) is 13.8 Å². The molecule has 0 aromatic carbocycles. The van der Waals surface area contributed by atoms with Gasteiger partial charge in [0.05, 0.1) is 12.0 Å². The Morgan fingerprint density at radius 3 is 2.62 bits per heavy atom. The van der Waals surface area contributed by atoms with Crippen LogP contribution >= 0.6 is 0 Å². The number of carboxylic acid groups (broad SMARTS) is 1. The lowest BCUT2D eigenvalue weighted by molar-refractivity contribution is -0.147. The van der Waals surface area contributed by atoms with Crippen LogP contribution in [0.1, 0.15) is 33.6 Å². The molecule has 5 nitrogen and oxygen atoms in total. The minimum Gasteiger partial charge on any atom is -0.480 e. The number of carbonyl (C=O) groups is 2. The van der Waals surface area contributed by atoms with Crippen LogP contribution in [0.3, 0.4) is 0 Å². The summed E-state index contributed by atoms with van der Waals surface area (Å²) in [5.74, 6) is -1.48. The van der Waals surface area contributed by atoms with Crippen LogP contribution in [-0.4, -0.2) is 35.2 Å². The summed E-state index contributed by atoms with van der Waals surface area (Å²) < 4.78 is 5.40. The number of rotatable bonds is 4. The quantitative estimate of drug-likeness (QED) is 0.747. The number of amides is 1. The van der Waals surface area contributed by atoms with Crippen molar-refractivity contribution in [1.29, 1.82) is 0 Å². The second-order valence-electron chi connectivity index (χ2n) is 4.63. The van der Waals surface area contributed by atoms with Crippen molar-refractivity contribution in [2.45, 2.75) is 45.3 Å². The van der Waals surface area contributed by atoms with Gasteiger partial charge in [-0.3, -0.25) is 4.79 Å². The summed E-state index contributed by atoms with van der Waals surface area (Å²) in [4.78, 5) is 22.8. The van der Waals surface area contributed by atoms with Gasteiger partial charge in [-0.05, 0) is 26.7 Å². The topological polar surface area (TPSA) is 75.6 Å². The minimum atomic E-state index is -1.22. The predicted molar refractivity (Wildman–Crippen MR) is 58.0 cm³/mol. The lowest BCUT2D eigenvalue weighted by Crippen LogP contribution is -2.52. The SMILES string of the molecule is CCC1OCCC1C(=O)NC(C)(C)C(=O)O. The van der Waals surface area contributed by atoms with E-state index in [1.807, 2.05) is 6.92 Å². The minimum absolute atomic E-state index is 0.0791. The highest BCUT2D eigenvalue weighted by molar-refractivity contribution is 5.87. The molecule has 0 aliphatic carbocycles. The van der Waals surface area contributed by atoms with E-state index >= 15 is 0 Å². The van der Waals surface area contributed by atoms with E-state index in [0.29, 0.717) is 13.0 Å². The Bertz CT molecular complexity index is 288. The first-order chi connectivity index (χ1) is 7.38. The summed E-state index contributed by atoms with van der Waals surface area (Å²) in [6, 6.07) is 0. The molecule has 2 N–H and O–H groups in total. The average Bonchev–Trinajstić information content (AvgIpc) is 2.64. The molecule has 1 aliphatic rings. The summed E-state index contributed by atoms with van der Waals surface area (Å²) in [6.07, 6.45) is 1.36. The van der Waals surface area contributed by atoms with Gasteiger partial charge in [-0.2, -0.15) is 0 Å². The van der Waals surface area contributed by atoms with Crippen LogP contribution in [0.15, 0.2) is 0 Å². The van der Waals surface area contributed by atoms with Gasteiger partial charge in [-0.15, -0.1) is 0 Å². The number of ether oxygens (including phenoxy) is 1. The molecule has 1 fully saturated rings. The van der Waals surface area contributed by atoms with Crippen LogP contribution < -0.4 is 5.32 Å². The van der Waals surface area contributed by atoms with Gasteiger partial charge in [-0.25, -0.2) is 4.79 Å². The van der Waals surface area contributed by atoms with Crippen molar-refractivity contribution in [3.8, 4) is 0 Å². The number of carbonyl (C=O) groups excluding carboxylic acids is 1. The Hall–Kier alpha value is -1.10. The summed E-state index contributed by atoms with van der Waals surface area (Å²) in [5.41, 5.74) is -1.22. The second kappa shape index (κ2) is 4.82. The van der Waals surface area contributed by atoms with Crippen LogP contribution in [0.5, 0.6) is 0 Å². The fourth-order valence-corrected chi connectivity index (χ4v) is 1.80. The molecule has 0 aromatic rings. The highest BCUT2D eigenvalue weighted by Crippen LogP contribution is 2.24. The van der Waals surface area contributed by atoms with E-state index in [1.54, 1.807) is 0 Å². The molecule has 1 rings (SSSR count). The molecular formula is C11H19NO4. The number of nitrogens with one attached hydrogen (secondary N) is 1. The largest absolute Gasteiger partial charge is 0.480 e. The number of carboxylic acids is 1. The van der Waals surface area contributed by atoms with E-state index in [4.69, 9.17) is 9.84 Å². The molecular weight excluding hydrogens is 210 g/mol. The Kier molecular flexibility index (Phi) is 3.91. The zero-order valence-corrected chi connectivity index (χ0v) is 9.95. The molecule has 0 spiro atoms.